The molecule has 1 unspecified atom stereocenters. The van der Waals surface area contributed by atoms with Crippen LogP contribution in [0.3, 0.4) is 0 Å². The lowest BCUT2D eigenvalue weighted by Gasteiger charge is -2.12. The minimum atomic E-state index is -0.128. The number of hydrogen-bond acceptors (Lipinski definition) is 6. The molecule has 1 aromatic carbocycles. The van der Waals surface area contributed by atoms with E-state index >= 15 is 0 Å². The zero-order chi connectivity index (χ0) is 18.1. The zero-order valence-electron chi connectivity index (χ0n) is 13.6. The number of hydrogen-bond donors (Lipinski definition) is 0. The summed E-state index contributed by atoms with van der Waals surface area (Å²) < 4.78 is 7.68. The fraction of sp³-hybridized carbons (Fsp3) is 0.294. The lowest BCUT2D eigenvalue weighted by molar-refractivity contribution is 0.182. The molecule has 9 heteroatoms. The van der Waals surface area contributed by atoms with Gasteiger partial charge in [-0.15, -0.1) is 0 Å². The van der Waals surface area contributed by atoms with Crippen molar-refractivity contribution in [2.45, 2.75) is 22.9 Å². The Hall–Kier alpha value is -1.48. The van der Waals surface area contributed by atoms with E-state index in [-0.39, 0.29) is 5.56 Å². The van der Waals surface area contributed by atoms with Gasteiger partial charge in [-0.25, -0.2) is 15.0 Å². The van der Waals surface area contributed by atoms with E-state index in [1.807, 2.05) is 6.07 Å². The molecule has 0 saturated carbocycles. The summed E-state index contributed by atoms with van der Waals surface area (Å²) in [4.78, 5) is 26.5. The average Bonchev–Trinajstić information content (AvgIpc) is 3.14. The van der Waals surface area contributed by atoms with Crippen LogP contribution in [0.2, 0.25) is 5.02 Å². The van der Waals surface area contributed by atoms with Crippen molar-refractivity contribution in [3.05, 3.63) is 50.8 Å². The number of rotatable bonds is 4. The number of nitrogens with zero attached hydrogens (tertiary/aromatic N) is 4. The van der Waals surface area contributed by atoms with E-state index in [1.165, 1.54) is 11.8 Å². The summed E-state index contributed by atoms with van der Waals surface area (Å²) in [6.07, 6.45) is 5.81. The van der Waals surface area contributed by atoms with Gasteiger partial charge in [0.25, 0.3) is 5.56 Å². The van der Waals surface area contributed by atoms with Crippen LogP contribution in [0.15, 0.2) is 50.2 Å². The van der Waals surface area contributed by atoms with Gasteiger partial charge in [0.15, 0.2) is 0 Å². The molecule has 1 saturated heterocycles. The Morgan fingerprint density at radius 2 is 2.19 bits per heavy atom. The highest BCUT2D eigenvalue weighted by Gasteiger charge is 2.19. The van der Waals surface area contributed by atoms with Crippen LogP contribution in [0.4, 0.5) is 0 Å². The summed E-state index contributed by atoms with van der Waals surface area (Å²) in [5, 5.41) is 1.52. The quantitative estimate of drug-likeness (QED) is 0.598. The first kappa shape index (κ1) is 17.9. The van der Waals surface area contributed by atoms with Crippen LogP contribution in [0.1, 0.15) is 6.42 Å². The molecule has 0 radical (unpaired) electrons. The zero-order valence-corrected chi connectivity index (χ0v) is 16.7. The summed E-state index contributed by atoms with van der Waals surface area (Å²) in [6, 6.07) is 3.65. The van der Waals surface area contributed by atoms with Crippen molar-refractivity contribution >= 4 is 50.2 Å². The molecule has 2 aromatic heterocycles. The highest BCUT2D eigenvalue weighted by atomic mass is 79.9. The van der Waals surface area contributed by atoms with Crippen molar-refractivity contribution in [3.8, 4) is 0 Å². The fourth-order valence-corrected chi connectivity index (χ4v) is 4.19. The predicted octanol–water partition coefficient (Wildman–Crippen LogP) is 3.79. The maximum atomic E-state index is 12.9. The van der Waals surface area contributed by atoms with Crippen LogP contribution in [0.5, 0.6) is 0 Å². The molecule has 0 N–H and O–H groups in total. The van der Waals surface area contributed by atoms with E-state index in [4.69, 9.17) is 16.3 Å². The first-order chi connectivity index (χ1) is 12.6. The third-order valence-corrected chi connectivity index (χ3v) is 6.08. The van der Waals surface area contributed by atoms with E-state index in [9.17, 15) is 4.79 Å². The first-order valence-electron chi connectivity index (χ1n) is 8.02. The predicted molar refractivity (Wildman–Crippen MR) is 104 cm³/mol. The third-order valence-electron chi connectivity index (χ3n) is 4.19. The van der Waals surface area contributed by atoms with Crippen molar-refractivity contribution in [2.75, 3.05) is 13.2 Å². The van der Waals surface area contributed by atoms with Crippen LogP contribution in [-0.4, -0.2) is 32.7 Å². The molecule has 134 valence electrons. The molecule has 1 aliphatic heterocycles. The Morgan fingerprint density at radius 1 is 1.31 bits per heavy atom. The number of halogens is 2. The maximum absolute atomic E-state index is 12.9. The molecule has 0 spiro atoms. The molecule has 3 heterocycles. The topological polar surface area (TPSA) is 69.9 Å². The van der Waals surface area contributed by atoms with Gasteiger partial charge >= 0.3 is 0 Å². The van der Waals surface area contributed by atoms with E-state index in [0.717, 1.165) is 17.9 Å². The molecule has 1 fully saturated rings. The van der Waals surface area contributed by atoms with Gasteiger partial charge in [0.1, 0.15) is 9.63 Å². The SMILES string of the molecule is O=c1c2c(Cl)c(Sc3cnc(Br)cn3)ccc2ncn1CC1CCOC1. The number of ether oxygens (including phenoxy) is 1. The van der Waals surface area contributed by atoms with Gasteiger partial charge < -0.3 is 4.74 Å². The maximum Gasteiger partial charge on any atom is 0.262 e. The first-order valence-corrected chi connectivity index (χ1v) is 10.0. The molecule has 3 aromatic rings. The van der Waals surface area contributed by atoms with Gasteiger partial charge in [-0.2, -0.15) is 0 Å². The Balaban J connectivity index is 1.71. The van der Waals surface area contributed by atoms with Crippen molar-refractivity contribution in [1.82, 2.24) is 19.5 Å². The van der Waals surface area contributed by atoms with Crippen LogP contribution >= 0.6 is 39.3 Å². The molecule has 1 atom stereocenters. The summed E-state index contributed by atoms with van der Waals surface area (Å²) >= 11 is 11.2. The smallest absolute Gasteiger partial charge is 0.262 e. The molecule has 1 aliphatic rings. The van der Waals surface area contributed by atoms with Crippen LogP contribution in [-0.2, 0) is 11.3 Å². The fourth-order valence-electron chi connectivity index (χ4n) is 2.87. The van der Waals surface area contributed by atoms with Crippen LogP contribution < -0.4 is 5.56 Å². The van der Waals surface area contributed by atoms with E-state index in [0.29, 0.717) is 44.6 Å². The Kier molecular flexibility index (Phi) is 5.26. The second kappa shape index (κ2) is 7.64. The Morgan fingerprint density at radius 3 is 2.92 bits per heavy atom. The minimum absolute atomic E-state index is 0.128. The highest BCUT2D eigenvalue weighted by molar-refractivity contribution is 9.10. The monoisotopic (exact) mass is 452 g/mol. The van der Waals surface area contributed by atoms with Crippen molar-refractivity contribution in [2.24, 2.45) is 5.92 Å². The van der Waals surface area contributed by atoms with E-state index < -0.39 is 0 Å². The summed E-state index contributed by atoms with van der Waals surface area (Å²) in [7, 11) is 0. The molecule has 4 rings (SSSR count). The summed E-state index contributed by atoms with van der Waals surface area (Å²) in [5.74, 6) is 0.335. The van der Waals surface area contributed by atoms with Crippen molar-refractivity contribution in [1.29, 1.82) is 0 Å². The van der Waals surface area contributed by atoms with Crippen LogP contribution in [0, 0.1) is 5.92 Å². The molecule has 26 heavy (non-hydrogen) atoms. The normalized spacial score (nSPS) is 17.1. The van der Waals surface area contributed by atoms with Gasteiger partial charge in [0, 0.05) is 24.0 Å². The van der Waals surface area contributed by atoms with Gasteiger partial charge in [-0.05, 0) is 34.5 Å². The Bertz CT molecular complexity index is 1010. The molecule has 0 amide bonds. The average molecular weight is 454 g/mol. The van der Waals surface area contributed by atoms with Crippen molar-refractivity contribution < 1.29 is 4.74 Å². The Labute approximate surface area is 167 Å². The number of aromatic nitrogens is 4. The molecular weight excluding hydrogens is 440 g/mol. The lowest BCUT2D eigenvalue weighted by Crippen LogP contribution is -2.25. The lowest BCUT2D eigenvalue weighted by atomic mass is 10.1. The van der Waals surface area contributed by atoms with Gasteiger partial charge in [-0.1, -0.05) is 23.4 Å². The number of fused-ring (bicyclic) bond motifs is 1. The minimum Gasteiger partial charge on any atom is -0.381 e. The van der Waals surface area contributed by atoms with Gasteiger partial charge in [-0.3, -0.25) is 9.36 Å². The standard InChI is InChI=1S/C17H14BrClN4O2S/c18-13-5-21-14(6-20-13)26-12-2-1-11-15(16(12)19)17(24)23(9-22-11)7-10-3-4-25-8-10/h1-2,5-6,9-10H,3-4,7-8H2. The summed E-state index contributed by atoms with van der Waals surface area (Å²) in [6.45, 7) is 2.01. The molecule has 0 aliphatic carbocycles. The van der Waals surface area contributed by atoms with Crippen molar-refractivity contribution in [3.63, 3.8) is 0 Å². The van der Waals surface area contributed by atoms with E-state index in [2.05, 4.69) is 30.9 Å². The second-order valence-corrected chi connectivity index (χ2v) is 8.24. The molecule has 6 nitrogen and oxygen atoms in total. The van der Waals surface area contributed by atoms with Crippen LogP contribution in [0.25, 0.3) is 10.9 Å². The third kappa shape index (κ3) is 3.64. The second-order valence-electron chi connectivity index (χ2n) is 5.98. The number of benzene rings is 1. The largest absolute Gasteiger partial charge is 0.381 e. The van der Waals surface area contributed by atoms with E-state index in [1.54, 1.807) is 29.4 Å². The summed E-state index contributed by atoms with van der Waals surface area (Å²) in [5.41, 5.74) is 0.460. The highest BCUT2D eigenvalue weighted by Crippen LogP contribution is 2.35. The molecular formula is C17H14BrClN4O2S. The molecule has 0 bridgehead atoms. The van der Waals surface area contributed by atoms with Gasteiger partial charge in [0.2, 0.25) is 0 Å². The van der Waals surface area contributed by atoms with Gasteiger partial charge in [0.05, 0.1) is 41.3 Å².